The molecule has 2 aliphatic heterocycles. The van der Waals surface area contributed by atoms with E-state index >= 15 is 0 Å². The van der Waals surface area contributed by atoms with Crippen molar-refractivity contribution in [3.05, 3.63) is 23.8 Å². The average molecular weight is 342 g/mol. The Labute approximate surface area is 141 Å². The van der Waals surface area contributed by atoms with Crippen LogP contribution in [-0.4, -0.2) is 63.0 Å². The zero-order valence-corrected chi connectivity index (χ0v) is 14.1. The van der Waals surface area contributed by atoms with Gasteiger partial charge in [-0.1, -0.05) is 6.07 Å². The second-order valence-corrected chi connectivity index (χ2v) is 6.59. The number of halogens is 2. The van der Waals surface area contributed by atoms with Gasteiger partial charge in [0.2, 0.25) is 0 Å². The highest BCUT2D eigenvalue weighted by Crippen LogP contribution is 2.41. The van der Waals surface area contributed by atoms with Gasteiger partial charge >= 0.3 is 6.29 Å². The first-order valence-electron chi connectivity index (χ1n) is 8.24. The molecule has 0 aromatic heterocycles. The minimum Gasteiger partial charge on any atom is -0.395 e. The molecule has 3 rings (SSSR count). The fraction of sp³-hybridized carbons (Fsp3) is 0.647. The normalized spacial score (nSPS) is 22.5. The van der Waals surface area contributed by atoms with E-state index < -0.39 is 6.29 Å². The number of benzene rings is 1. The number of fused-ring (bicyclic) bond motifs is 1. The van der Waals surface area contributed by atoms with Gasteiger partial charge in [-0.3, -0.25) is 0 Å². The van der Waals surface area contributed by atoms with Crippen molar-refractivity contribution >= 4 is 0 Å². The summed E-state index contributed by atoms with van der Waals surface area (Å²) in [5.74, 6) is 0.832. The van der Waals surface area contributed by atoms with Crippen LogP contribution in [-0.2, 0) is 11.3 Å². The first kappa shape index (κ1) is 17.4. The molecule has 0 bridgehead atoms. The van der Waals surface area contributed by atoms with Crippen LogP contribution in [0.2, 0.25) is 0 Å². The largest absolute Gasteiger partial charge is 0.586 e. The van der Waals surface area contributed by atoms with Crippen LogP contribution < -0.4 is 9.47 Å². The van der Waals surface area contributed by atoms with Gasteiger partial charge in [0.1, 0.15) is 0 Å². The molecule has 2 heterocycles. The molecule has 1 saturated heterocycles. The Morgan fingerprint density at radius 1 is 1.33 bits per heavy atom. The molecule has 7 heteroatoms. The van der Waals surface area contributed by atoms with Gasteiger partial charge in [-0.15, -0.1) is 8.78 Å². The lowest BCUT2D eigenvalue weighted by Crippen LogP contribution is -2.29. The molecule has 0 spiro atoms. The molecule has 24 heavy (non-hydrogen) atoms. The van der Waals surface area contributed by atoms with Gasteiger partial charge in [0, 0.05) is 33.3 Å². The van der Waals surface area contributed by atoms with Gasteiger partial charge in [0.15, 0.2) is 11.5 Å². The first-order valence-corrected chi connectivity index (χ1v) is 8.24. The number of hydrogen-bond donors (Lipinski definition) is 0. The number of nitrogens with zero attached hydrogens (tertiary/aromatic N) is 2. The molecule has 0 aliphatic carbocycles. The minimum atomic E-state index is -3.55. The van der Waals surface area contributed by atoms with Gasteiger partial charge in [0.05, 0.1) is 6.61 Å². The van der Waals surface area contributed by atoms with Gasteiger partial charge in [0.25, 0.3) is 0 Å². The van der Waals surface area contributed by atoms with E-state index in [1.807, 2.05) is 0 Å². The highest BCUT2D eigenvalue weighted by atomic mass is 19.3. The van der Waals surface area contributed by atoms with Crippen molar-refractivity contribution in [2.24, 2.45) is 5.92 Å². The van der Waals surface area contributed by atoms with Crippen molar-refractivity contribution < 1.29 is 23.0 Å². The van der Waals surface area contributed by atoms with Crippen LogP contribution >= 0.6 is 0 Å². The maximum atomic E-state index is 13.1. The Kier molecular flexibility index (Phi) is 5.22. The Morgan fingerprint density at radius 3 is 2.92 bits per heavy atom. The standard InChI is InChI=1S/C17H24F2N2O3/c1-20(11-14-5-6-21(12-14)7-8-22-2)10-13-3-4-15-16(9-13)24-17(18,19)23-15/h3-4,9,14H,5-8,10-12H2,1-2H3. The Hall–Kier alpha value is -1.44. The van der Waals surface area contributed by atoms with E-state index in [4.69, 9.17) is 4.74 Å². The smallest absolute Gasteiger partial charge is 0.395 e. The van der Waals surface area contributed by atoms with E-state index in [-0.39, 0.29) is 11.5 Å². The Bertz CT molecular complexity index is 571. The van der Waals surface area contributed by atoms with Crippen molar-refractivity contribution in [2.75, 3.05) is 46.9 Å². The predicted molar refractivity (Wildman–Crippen MR) is 85.4 cm³/mol. The zero-order chi connectivity index (χ0) is 17.2. The SMILES string of the molecule is COCCN1CCC(CN(C)Cc2ccc3c(c2)OC(F)(F)O3)C1. The molecule has 2 aliphatic rings. The molecule has 1 aromatic rings. The predicted octanol–water partition coefficient (Wildman–Crippen LogP) is 2.41. The maximum absolute atomic E-state index is 13.1. The summed E-state index contributed by atoms with van der Waals surface area (Å²) < 4.78 is 40.2. The van der Waals surface area contributed by atoms with Gasteiger partial charge in [-0.25, -0.2) is 0 Å². The summed E-state index contributed by atoms with van der Waals surface area (Å²) in [6, 6.07) is 4.98. The highest BCUT2D eigenvalue weighted by Gasteiger charge is 2.43. The zero-order valence-electron chi connectivity index (χ0n) is 14.1. The van der Waals surface area contributed by atoms with Gasteiger partial charge < -0.3 is 24.0 Å². The van der Waals surface area contributed by atoms with Crippen molar-refractivity contribution in [2.45, 2.75) is 19.3 Å². The monoisotopic (exact) mass is 342 g/mol. The third-order valence-electron chi connectivity index (χ3n) is 4.47. The number of rotatable bonds is 7. The molecule has 1 unspecified atom stereocenters. The Balaban J connectivity index is 1.49. The molecular weight excluding hydrogens is 318 g/mol. The third kappa shape index (κ3) is 4.34. The minimum absolute atomic E-state index is 0.0935. The van der Waals surface area contributed by atoms with Crippen LogP contribution in [0.25, 0.3) is 0 Å². The van der Waals surface area contributed by atoms with Crippen molar-refractivity contribution in [1.82, 2.24) is 9.80 Å². The lowest BCUT2D eigenvalue weighted by Gasteiger charge is -2.21. The Morgan fingerprint density at radius 2 is 2.12 bits per heavy atom. The number of alkyl halides is 2. The molecule has 1 aromatic carbocycles. The summed E-state index contributed by atoms with van der Waals surface area (Å²) in [4.78, 5) is 4.64. The van der Waals surface area contributed by atoms with Crippen molar-refractivity contribution in [1.29, 1.82) is 0 Å². The number of hydrogen-bond acceptors (Lipinski definition) is 5. The second-order valence-electron chi connectivity index (χ2n) is 6.59. The topological polar surface area (TPSA) is 34.2 Å². The van der Waals surface area contributed by atoms with Crippen LogP contribution in [0.3, 0.4) is 0 Å². The quantitative estimate of drug-likeness (QED) is 0.760. The number of ether oxygens (including phenoxy) is 3. The van der Waals surface area contributed by atoms with Crippen molar-refractivity contribution in [3.63, 3.8) is 0 Å². The molecular formula is C17H24F2N2O3. The molecule has 1 fully saturated rings. The summed E-state index contributed by atoms with van der Waals surface area (Å²) in [6.07, 6.45) is -2.37. The summed E-state index contributed by atoms with van der Waals surface area (Å²) in [5, 5.41) is 0. The molecule has 0 radical (unpaired) electrons. The molecule has 0 amide bonds. The van der Waals surface area contributed by atoms with Crippen LogP contribution in [0.1, 0.15) is 12.0 Å². The van der Waals surface area contributed by atoms with Crippen LogP contribution in [0.15, 0.2) is 18.2 Å². The molecule has 5 nitrogen and oxygen atoms in total. The fourth-order valence-corrected chi connectivity index (χ4v) is 3.39. The van der Waals surface area contributed by atoms with Gasteiger partial charge in [-0.05, 0) is 43.6 Å². The number of likely N-dealkylation sites (tertiary alicyclic amines) is 1. The average Bonchev–Trinajstić information content (AvgIpc) is 3.06. The third-order valence-corrected chi connectivity index (χ3v) is 4.47. The second kappa shape index (κ2) is 7.21. The number of methoxy groups -OCH3 is 1. The van der Waals surface area contributed by atoms with E-state index in [1.54, 1.807) is 25.3 Å². The maximum Gasteiger partial charge on any atom is 0.586 e. The summed E-state index contributed by atoms with van der Waals surface area (Å²) in [7, 11) is 3.78. The van der Waals surface area contributed by atoms with Crippen LogP contribution in [0, 0.1) is 5.92 Å². The van der Waals surface area contributed by atoms with E-state index in [0.29, 0.717) is 12.5 Å². The van der Waals surface area contributed by atoms with E-state index in [1.165, 1.54) is 6.42 Å². The molecule has 0 N–H and O–H groups in total. The van der Waals surface area contributed by atoms with Gasteiger partial charge in [-0.2, -0.15) is 0 Å². The van der Waals surface area contributed by atoms with E-state index in [0.717, 1.165) is 38.3 Å². The first-order chi connectivity index (χ1) is 11.4. The lowest BCUT2D eigenvalue weighted by atomic mass is 10.1. The summed E-state index contributed by atoms with van der Waals surface area (Å²) in [5.41, 5.74) is 0.937. The van der Waals surface area contributed by atoms with Crippen LogP contribution in [0.4, 0.5) is 8.78 Å². The summed E-state index contributed by atoms with van der Waals surface area (Å²) >= 11 is 0. The van der Waals surface area contributed by atoms with E-state index in [9.17, 15) is 8.78 Å². The molecule has 0 saturated carbocycles. The molecule has 1 atom stereocenters. The lowest BCUT2D eigenvalue weighted by molar-refractivity contribution is -0.286. The molecule has 134 valence electrons. The van der Waals surface area contributed by atoms with Crippen LogP contribution in [0.5, 0.6) is 11.5 Å². The van der Waals surface area contributed by atoms with E-state index in [2.05, 4.69) is 26.3 Å². The van der Waals surface area contributed by atoms with Crippen molar-refractivity contribution in [3.8, 4) is 11.5 Å². The fourth-order valence-electron chi connectivity index (χ4n) is 3.39. The summed E-state index contributed by atoms with van der Waals surface area (Å²) in [6.45, 7) is 5.62. The highest BCUT2D eigenvalue weighted by molar-refractivity contribution is 5.45.